The molecule has 2 heterocycles. The third kappa shape index (κ3) is 4.07. The van der Waals surface area contributed by atoms with Crippen LogP contribution in [0.2, 0.25) is 0 Å². The second-order valence-electron chi connectivity index (χ2n) is 5.52. The van der Waals surface area contributed by atoms with E-state index < -0.39 is 25.0 Å². The minimum absolute atomic E-state index is 0.0575. The molecule has 0 bridgehead atoms. The Hall–Kier alpha value is -1.42. The Bertz CT molecular complexity index is 496. The summed E-state index contributed by atoms with van der Waals surface area (Å²) < 4.78 is 55.9. The number of hydrogen-bond donors (Lipinski definition) is 1. The van der Waals surface area contributed by atoms with E-state index in [1.807, 2.05) is 0 Å². The first kappa shape index (κ1) is 16.9. The highest BCUT2D eigenvalue weighted by Gasteiger charge is 2.40. The second-order valence-corrected chi connectivity index (χ2v) is 5.52. The fourth-order valence-electron chi connectivity index (χ4n) is 2.50. The average Bonchev–Trinajstić information content (AvgIpc) is 2.94. The molecule has 1 saturated heterocycles. The molecule has 0 aromatic carbocycles. The predicted octanol–water partition coefficient (Wildman–Crippen LogP) is 1.15. The Morgan fingerprint density at radius 2 is 2.14 bits per heavy atom. The Morgan fingerprint density at radius 1 is 1.45 bits per heavy atom. The van der Waals surface area contributed by atoms with Crippen molar-refractivity contribution in [1.29, 1.82) is 0 Å². The quantitative estimate of drug-likeness (QED) is 0.819. The SMILES string of the molecule is Cc1nnc(N2C[C@@H](F)C[C@H]2CN(C)CC(O)C(F)(F)F)o1. The molecule has 22 heavy (non-hydrogen) atoms. The summed E-state index contributed by atoms with van der Waals surface area (Å²) in [6.45, 7) is 1.23. The molecule has 0 spiro atoms. The summed E-state index contributed by atoms with van der Waals surface area (Å²) in [6.07, 6.45) is -8.05. The molecule has 1 aliphatic rings. The van der Waals surface area contributed by atoms with E-state index >= 15 is 0 Å². The molecule has 0 saturated carbocycles. The van der Waals surface area contributed by atoms with Crippen molar-refractivity contribution in [2.45, 2.75) is 37.8 Å². The van der Waals surface area contributed by atoms with Gasteiger partial charge >= 0.3 is 12.2 Å². The van der Waals surface area contributed by atoms with E-state index in [1.54, 1.807) is 11.8 Å². The molecule has 1 fully saturated rings. The molecule has 1 unspecified atom stereocenters. The number of hydrogen-bond acceptors (Lipinski definition) is 6. The highest BCUT2D eigenvalue weighted by molar-refractivity contribution is 5.30. The van der Waals surface area contributed by atoms with E-state index in [2.05, 4.69) is 10.2 Å². The second kappa shape index (κ2) is 6.37. The molecule has 0 aliphatic carbocycles. The molecular formula is C12H18F4N4O2. The van der Waals surface area contributed by atoms with Gasteiger partial charge in [-0.3, -0.25) is 0 Å². The van der Waals surface area contributed by atoms with Gasteiger partial charge in [0, 0.05) is 32.5 Å². The molecule has 1 aliphatic heterocycles. The van der Waals surface area contributed by atoms with Crippen molar-refractivity contribution in [3.8, 4) is 0 Å². The third-order valence-corrected chi connectivity index (χ3v) is 3.51. The van der Waals surface area contributed by atoms with E-state index in [4.69, 9.17) is 9.52 Å². The number of rotatable bonds is 5. The number of halogens is 4. The van der Waals surface area contributed by atoms with Crippen molar-refractivity contribution < 1.29 is 27.1 Å². The Morgan fingerprint density at radius 3 is 2.68 bits per heavy atom. The number of nitrogens with zero attached hydrogens (tertiary/aromatic N) is 4. The van der Waals surface area contributed by atoms with Gasteiger partial charge in [0.05, 0.1) is 6.54 Å². The van der Waals surface area contributed by atoms with Gasteiger partial charge in [-0.2, -0.15) is 13.2 Å². The van der Waals surface area contributed by atoms with Crippen LogP contribution in [0.1, 0.15) is 12.3 Å². The van der Waals surface area contributed by atoms with Gasteiger partial charge in [0.1, 0.15) is 6.17 Å². The summed E-state index contributed by atoms with van der Waals surface area (Å²) >= 11 is 0. The lowest BCUT2D eigenvalue weighted by atomic mass is 10.2. The van der Waals surface area contributed by atoms with Crippen molar-refractivity contribution in [2.75, 3.05) is 31.6 Å². The number of aliphatic hydroxyl groups is 1. The van der Waals surface area contributed by atoms with Gasteiger partial charge in [0.2, 0.25) is 5.89 Å². The summed E-state index contributed by atoms with van der Waals surface area (Å²) in [5.41, 5.74) is 0. The molecule has 10 heteroatoms. The Balaban J connectivity index is 1.98. The van der Waals surface area contributed by atoms with E-state index in [0.29, 0.717) is 5.89 Å². The van der Waals surface area contributed by atoms with Gasteiger partial charge in [-0.05, 0) is 7.05 Å². The molecule has 3 atom stereocenters. The zero-order chi connectivity index (χ0) is 16.5. The van der Waals surface area contributed by atoms with Crippen molar-refractivity contribution >= 4 is 6.01 Å². The topological polar surface area (TPSA) is 65.6 Å². The van der Waals surface area contributed by atoms with Crippen LogP contribution >= 0.6 is 0 Å². The van der Waals surface area contributed by atoms with Gasteiger partial charge in [0.15, 0.2) is 6.10 Å². The fraction of sp³-hybridized carbons (Fsp3) is 0.833. The van der Waals surface area contributed by atoms with E-state index in [1.165, 1.54) is 11.9 Å². The number of alkyl halides is 4. The highest BCUT2D eigenvalue weighted by Crippen LogP contribution is 2.27. The van der Waals surface area contributed by atoms with Crippen LogP contribution in [0.25, 0.3) is 0 Å². The van der Waals surface area contributed by atoms with Gasteiger partial charge in [-0.25, -0.2) is 4.39 Å². The molecule has 1 aromatic rings. The minimum Gasteiger partial charge on any atom is -0.408 e. The van der Waals surface area contributed by atoms with Crippen LogP contribution in [-0.2, 0) is 0 Å². The lowest BCUT2D eigenvalue weighted by Crippen LogP contribution is -2.45. The largest absolute Gasteiger partial charge is 0.415 e. The summed E-state index contributed by atoms with van der Waals surface area (Å²) in [5, 5.41) is 16.6. The summed E-state index contributed by atoms with van der Waals surface area (Å²) in [5.74, 6) is 0.330. The standard InChI is InChI=1S/C12H18F4N4O2/c1-7-17-18-11(22-7)20-4-8(13)3-9(20)5-19(2)6-10(21)12(14,15)16/h8-10,21H,3-6H2,1-2H3/t8-,9-,10?/m0/s1. The van der Waals surface area contributed by atoms with Crippen LogP contribution in [0.4, 0.5) is 23.6 Å². The normalized spacial score (nSPS) is 24.3. The van der Waals surface area contributed by atoms with Crippen LogP contribution in [0.15, 0.2) is 4.42 Å². The smallest absolute Gasteiger partial charge is 0.408 e. The van der Waals surface area contributed by atoms with Crippen LogP contribution in [0, 0.1) is 6.92 Å². The minimum atomic E-state index is -4.67. The maximum Gasteiger partial charge on any atom is 0.415 e. The fourth-order valence-corrected chi connectivity index (χ4v) is 2.50. The zero-order valence-electron chi connectivity index (χ0n) is 12.2. The predicted molar refractivity (Wildman–Crippen MR) is 69.2 cm³/mol. The summed E-state index contributed by atoms with van der Waals surface area (Å²) in [7, 11) is 1.44. The first-order valence-electron chi connectivity index (χ1n) is 6.81. The van der Waals surface area contributed by atoms with Gasteiger partial charge < -0.3 is 19.3 Å². The maximum atomic E-state index is 13.6. The van der Waals surface area contributed by atoms with Gasteiger partial charge in [0.25, 0.3) is 0 Å². The number of aryl methyl sites for hydroxylation is 1. The summed E-state index contributed by atoms with van der Waals surface area (Å²) in [4.78, 5) is 2.87. The first-order valence-corrected chi connectivity index (χ1v) is 6.81. The molecule has 2 rings (SSSR count). The van der Waals surface area contributed by atoms with Crippen molar-refractivity contribution in [3.05, 3.63) is 5.89 Å². The molecule has 1 aromatic heterocycles. The number of aromatic nitrogens is 2. The monoisotopic (exact) mass is 326 g/mol. The van der Waals surface area contributed by atoms with Crippen LogP contribution in [0.3, 0.4) is 0 Å². The molecule has 1 N–H and O–H groups in total. The molecular weight excluding hydrogens is 308 g/mol. The molecule has 6 nitrogen and oxygen atoms in total. The van der Waals surface area contributed by atoms with Gasteiger partial charge in [-0.15, -0.1) is 5.10 Å². The Kier molecular flexibility index (Phi) is 4.90. The van der Waals surface area contributed by atoms with Crippen LogP contribution in [-0.4, -0.2) is 71.4 Å². The third-order valence-electron chi connectivity index (χ3n) is 3.51. The summed E-state index contributed by atoms with van der Waals surface area (Å²) in [6, 6.07) is -0.229. The molecule has 0 radical (unpaired) electrons. The average molecular weight is 326 g/mol. The lowest BCUT2D eigenvalue weighted by Gasteiger charge is -2.28. The lowest BCUT2D eigenvalue weighted by molar-refractivity contribution is -0.207. The molecule has 0 amide bonds. The van der Waals surface area contributed by atoms with Crippen LogP contribution < -0.4 is 4.90 Å². The van der Waals surface area contributed by atoms with Gasteiger partial charge in [-0.1, -0.05) is 5.10 Å². The number of anilines is 1. The number of likely N-dealkylation sites (N-methyl/N-ethyl adjacent to an activating group) is 1. The Labute approximate surface area is 124 Å². The molecule has 126 valence electrons. The van der Waals surface area contributed by atoms with Crippen LogP contribution in [0.5, 0.6) is 0 Å². The van der Waals surface area contributed by atoms with E-state index in [9.17, 15) is 17.6 Å². The van der Waals surface area contributed by atoms with Crippen molar-refractivity contribution in [2.24, 2.45) is 0 Å². The highest BCUT2D eigenvalue weighted by atomic mass is 19.4. The first-order chi connectivity index (χ1) is 10.2. The van der Waals surface area contributed by atoms with E-state index in [-0.39, 0.29) is 31.6 Å². The van der Waals surface area contributed by atoms with Crippen molar-refractivity contribution in [3.63, 3.8) is 0 Å². The van der Waals surface area contributed by atoms with Crippen molar-refractivity contribution in [1.82, 2.24) is 15.1 Å². The zero-order valence-corrected chi connectivity index (χ0v) is 12.2. The number of aliphatic hydroxyl groups excluding tert-OH is 1. The maximum absolute atomic E-state index is 13.6. The van der Waals surface area contributed by atoms with E-state index in [0.717, 1.165) is 0 Å².